The van der Waals surface area contributed by atoms with Crippen molar-refractivity contribution in [2.75, 3.05) is 11.9 Å². The summed E-state index contributed by atoms with van der Waals surface area (Å²) in [5, 5.41) is 11.3. The molecule has 0 saturated carbocycles. The molecule has 5 heteroatoms. The van der Waals surface area contributed by atoms with Crippen LogP contribution in [0.4, 0.5) is 10.1 Å². The van der Waals surface area contributed by atoms with Crippen LogP contribution in [0, 0.1) is 24.6 Å². The molecule has 4 nitrogen and oxygen atoms in total. The van der Waals surface area contributed by atoms with Crippen LogP contribution >= 0.6 is 0 Å². The van der Waals surface area contributed by atoms with Crippen LogP contribution in [0.15, 0.2) is 30.3 Å². The smallest absolute Gasteiger partial charge is 0.272 e. The monoisotopic (exact) mass is 286 g/mol. The number of aliphatic hydroxyl groups is 1. The SMILES string of the molecule is Cc1ccc(C(=O)Nc2ccc(F)c(C#CCO)c2)n1C. The summed E-state index contributed by atoms with van der Waals surface area (Å²) in [6.07, 6.45) is 0. The molecule has 21 heavy (non-hydrogen) atoms. The molecule has 2 N–H and O–H groups in total. The average molecular weight is 286 g/mol. The van der Waals surface area contributed by atoms with Gasteiger partial charge in [-0.25, -0.2) is 4.39 Å². The van der Waals surface area contributed by atoms with Crippen molar-refractivity contribution in [3.63, 3.8) is 0 Å². The third-order valence-corrected chi connectivity index (χ3v) is 3.13. The highest BCUT2D eigenvalue weighted by Crippen LogP contribution is 2.15. The molecule has 0 radical (unpaired) electrons. The number of aromatic nitrogens is 1. The number of rotatable bonds is 2. The van der Waals surface area contributed by atoms with Gasteiger partial charge in [0.15, 0.2) is 0 Å². The molecule has 0 aliphatic rings. The Kier molecular flexibility index (Phi) is 4.41. The Morgan fingerprint density at radius 2 is 2.14 bits per heavy atom. The van der Waals surface area contributed by atoms with Gasteiger partial charge >= 0.3 is 0 Å². The average Bonchev–Trinajstić information content (AvgIpc) is 2.79. The minimum atomic E-state index is -0.497. The number of anilines is 1. The first-order chi connectivity index (χ1) is 10.0. The molecule has 1 amide bonds. The van der Waals surface area contributed by atoms with Gasteiger partial charge in [-0.05, 0) is 37.3 Å². The van der Waals surface area contributed by atoms with Crippen LogP contribution in [-0.4, -0.2) is 22.2 Å². The Morgan fingerprint density at radius 3 is 2.76 bits per heavy atom. The maximum atomic E-state index is 13.5. The van der Waals surface area contributed by atoms with Gasteiger partial charge in [-0.15, -0.1) is 0 Å². The van der Waals surface area contributed by atoms with E-state index in [1.165, 1.54) is 18.2 Å². The molecule has 0 spiro atoms. The lowest BCUT2D eigenvalue weighted by molar-refractivity contribution is 0.101. The summed E-state index contributed by atoms with van der Waals surface area (Å²) in [6, 6.07) is 7.70. The number of carbonyl (C=O) groups excluding carboxylic acids is 1. The molecule has 0 aliphatic carbocycles. The number of aliphatic hydroxyl groups excluding tert-OH is 1. The van der Waals surface area contributed by atoms with E-state index in [1.54, 1.807) is 17.7 Å². The van der Waals surface area contributed by atoms with Gasteiger partial charge in [-0.1, -0.05) is 11.8 Å². The van der Waals surface area contributed by atoms with Gasteiger partial charge in [0.05, 0.1) is 5.56 Å². The lowest BCUT2D eigenvalue weighted by atomic mass is 10.2. The number of hydrogen-bond acceptors (Lipinski definition) is 2. The van der Waals surface area contributed by atoms with Gasteiger partial charge in [-0.3, -0.25) is 4.79 Å². The van der Waals surface area contributed by atoms with Gasteiger partial charge < -0.3 is 15.0 Å². The van der Waals surface area contributed by atoms with Crippen LogP contribution in [0.5, 0.6) is 0 Å². The molecule has 108 valence electrons. The number of hydrogen-bond donors (Lipinski definition) is 2. The van der Waals surface area contributed by atoms with Gasteiger partial charge in [0.1, 0.15) is 18.1 Å². The summed E-state index contributed by atoms with van der Waals surface area (Å²) in [7, 11) is 1.80. The molecule has 2 aromatic rings. The van der Waals surface area contributed by atoms with Crippen molar-refractivity contribution in [3.8, 4) is 11.8 Å². The molecule has 1 aromatic carbocycles. The van der Waals surface area contributed by atoms with E-state index < -0.39 is 5.82 Å². The summed E-state index contributed by atoms with van der Waals surface area (Å²) in [5.41, 5.74) is 2.06. The van der Waals surface area contributed by atoms with E-state index in [-0.39, 0.29) is 18.1 Å². The topological polar surface area (TPSA) is 54.3 Å². The largest absolute Gasteiger partial charge is 0.384 e. The molecule has 0 saturated heterocycles. The van der Waals surface area contributed by atoms with E-state index in [1.807, 2.05) is 13.0 Å². The Labute approximate surface area is 122 Å². The van der Waals surface area contributed by atoms with E-state index in [4.69, 9.17) is 5.11 Å². The van der Waals surface area contributed by atoms with Crippen molar-refractivity contribution in [1.29, 1.82) is 0 Å². The zero-order valence-electron chi connectivity index (χ0n) is 11.8. The first-order valence-corrected chi connectivity index (χ1v) is 6.36. The second-order valence-corrected chi connectivity index (χ2v) is 4.53. The summed E-state index contributed by atoms with van der Waals surface area (Å²) in [6.45, 7) is 1.55. The summed E-state index contributed by atoms with van der Waals surface area (Å²) >= 11 is 0. The predicted octanol–water partition coefficient (Wildman–Crippen LogP) is 2.07. The van der Waals surface area contributed by atoms with Crippen LogP contribution in [0.3, 0.4) is 0 Å². The van der Waals surface area contributed by atoms with Crippen LogP contribution in [0.25, 0.3) is 0 Å². The predicted molar refractivity (Wildman–Crippen MR) is 78.5 cm³/mol. The van der Waals surface area contributed by atoms with E-state index in [2.05, 4.69) is 17.2 Å². The number of nitrogens with zero attached hydrogens (tertiary/aromatic N) is 1. The highest BCUT2D eigenvalue weighted by molar-refractivity contribution is 6.03. The second kappa shape index (κ2) is 6.25. The molecule has 0 aliphatic heterocycles. The zero-order chi connectivity index (χ0) is 15.4. The Morgan fingerprint density at radius 1 is 1.38 bits per heavy atom. The number of amides is 1. The number of benzene rings is 1. The van der Waals surface area contributed by atoms with Crippen molar-refractivity contribution >= 4 is 11.6 Å². The lowest BCUT2D eigenvalue weighted by Gasteiger charge is -2.08. The molecule has 0 atom stereocenters. The first-order valence-electron chi connectivity index (χ1n) is 6.36. The normalized spacial score (nSPS) is 9.90. The fraction of sp³-hybridized carbons (Fsp3) is 0.188. The lowest BCUT2D eigenvalue weighted by Crippen LogP contribution is -2.16. The third kappa shape index (κ3) is 3.30. The summed E-state index contributed by atoms with van der Waals surface area (Å²) in [5.74, 6) is 4.10. The number of halogens is 1. The van der Waals surface area contributed by atoms with Gasteiger partial charge in [0.2, 0.25) is 0 Å². The molecular weight excluding hydrogens is 271 g/mol. The molecule has 0 fully saturated rings. The third-order valence-electron chi connectivity index (χ3n) is 3.13. The van der Waals surface area contributed by atoms with Crippen molar-refractivity contribution < 1.29 is 14.3 Å². The summed E-state index contributed by atoms with van der Waals surface area (Å²) < 4.78 is 15.3. The van der Waals surface area contributed by atoms with Crippen LogP contribution in [0.1, 0.15) is 21.7 Å². The zero-order valence-corrected chi connectivity index (χ0v) is 11.8. The number of carbonyl (C=O) groups is 1. The highest BCUT2D eigenvalue weighted by Gasteiger charge is 2.11. The summed E-state index contributed by atoms with van der Waals surface area (Å²) in [4.78, 5) is 12.2. The molecule has 1 aromatic heterocycles. The Bertz CT molecular complexity index is 738. The van der Waals surface area contributed by atoms with Gasteiger partial charge in [-0.2, -0.15) is 0 Å². The second-order valence-electron chi connectivity index (χ2n) is 4.53. The first kappa shape index (κ1) is 14.8. The van der Waals surface area contributed by atoms with Crippen molar-refractivity contribution in [3.05, 3.63) is 53.1 Å². The van der Waals surface area contributed by atoms with Crippen LogP contribution < -0.4 is 5.32 Å². The van der Waals surface area contributed by atoms with Crippen molar-refractivity contribution in [2.24, 2.45) is 7.05 Å². The maximum Gasteiger partial charge on any atom is 0.272 e. The van der Waals surface area contributed by atoms with Crippen molar-refractivity contribution in [2.45, 2.75) is 6.92 Å². The quantitative estimate of drug-likeness (QED) is 0.830. The van der Waals surface area contributed by atoms with E-state index in [9.17, 15) is 9.18 Å². The fourth-order valence-corrected chi connectivity index (χ4v) is 1.87. The van der Waals surface area contributed by atoms with Gasteiger partial charge in [0, 0.05) is 18.4 Å². The Hall–Kier alpha value is -2.58. The molecule has 2 rings (SSSR count). The maximum absolute atomic E-state index is 13.5. The van der Waals surface area contributed by atoms with Crippen molar-refractivity contribution in [1.82, 2.24) is 4.57 Å². The highest BCUT2D eigenvalue weighted by atomic mass is 19.1. The standard InChI is InChI=1S/C16H15FN2O2/c1-11-5-8-15(19(11)2)16(21)18-13-6-7-14(17)12(10-13)4-3-9-20/h5-8,10,20H,9H2,1-2H3,(H,18,21). The van der Waals surface area contributed by atoms with Crippen LogP contribution in [-0.2, 0) is 7.05 Å². The van der Waals surface area contributed by atoms with E-state index in [0.717, 1.165) is 5.69 Å². The molecule has 0 unspecified atom stereocenters. The minimum absolute atomic E-state index is 0.130. The fourth-order valence-electron chi connectivity index (χ4n) is 1.87. The van der Waals surface area contributed by atoms with E-state index >= 15 is 0 Å². The number of aryl methyl sites for hydroxylation is 1. The minimum Gasteiger partial charge on any atom is -0.384 e. The van der Waals surface area contributed by atoms with Crippen LogP contribution in [0.2, 0.25) is 0 Å². The number of nitrogens with one attached hydrogen (secondary N) is 1. The molecule has 0 bridgehead atoms. The van der Waals surface area contributed by atoms with Gasteiger partial charge in [0.25, 0.3) is 5.91 Å². The molecular formula is C16H15FN2O2. The molecule has 1 heterocycles. The Balaban J connectivity index is 2.24. The van der Waals surface area contributed by atoms with E-state index in [0.29, 0.717) is 11.4 Å².